The molecule has 21 heavy (non-hydrogen) atoms. The van der Waals surface area contributed by atoms with Crippen LogP contribution in [-0.2, 0) is 10.7 Å². The summed E-state index contributed by atoms with van der Waals surface area (Å²) in [4.78, 5) is 14.1. The first kappa shape index (κ1) is 14.4. The van der Waals surface area contributed by atoms with E-state index in [4.69, 9.17) is 0 Å². The van der Waals surface area contributed by atoms with Gasteiger partial charge in [0, 0.05) is 12.1 Å². The van der Waals surface area contributed by atoms with Crippen molar-refractivity contribution in [2.75, 3.05) is 19.6 Å². The summed E-state index contributed by atoms with van der Waals surface area (Å²) in [6, 6.07) is 4.02. The molecule has 1 aromatic carbocycles. The molecule has 1 aliphatic carbocycles. The highest BCUT2D eigenvalue weighted by Crippen LogP contribution is 2.39. The molecule has 0 unspecified atom stereocenters. The number of rotatable bonds is 5. The summed E-state index contributed by atoms with van der Waals surface area (Å²) in [5.41, 5.74) is -1.13. The van der Waals surface area contributed by atoms with E-state index in [-0.39, 0.29) is 0 Å². The van der Waals surface area contributed by atoms with Crippen molar-refractivity contribution >= 4 is 5.91 Å². The van der Waals surface area contributed by atoms with Crippen LogP contribution in [0.15, 0.2) is 24.3 Å². The smallest absolute Gasteiger partial charge is 0.344 e. The summed E-state index contributed by atoms with van der Waals surface area (Å²) < 4.78 is 41.3. The molecule has 0 bridgehead atoms. The molecule has 3 nitrogen and oxygen atoms in total. The molecule has 1 amide bonds. The van der Waals surface area contributed by atoms with Gasteiger partial charge in [0.2, 0.25) is 0 Å². The predicted molar refractivity (Wildman–Crippen MR) is 71.5 cm³/mol. The number of halogens is 3. The van der Waals surface area contributed by atoms with Crippen molar-refractivity contribution in [3.63, 3.8) is 0 Å². The first-order chi connectivity index (χ1) is 9.91. The fourth-order valence-corrected chi connectivity index (χ4v) is 2.58. The number of nitrogens with zero attached hydrogens (tertiary/aromatic N) is 1. The van der Waals surface area contributed by atoms with Crippen molar-refractivity contribution in [3.8, 4) is 0 Å². The maximum atomic E-state index is 14.1. The summed E-state index contributed by atoms with van der Waals surface area (Å²) in [7, 11) is 0. The lowest BCUT2D eigenvalue weighted by Crippen LogP contribution is -2.53. The van der Waals surface area contributed by atoms with E-state index in [1.54, 1.807) is 0 Å². The molecule has 1 heterocycles. The fourth-order valence-electron chi connectivity index (χ4n) is 2.58. The fraction of sp³-hybridized carbons (Fsp3) is 0.533. The first-order valence-electron chi connectivity index (χ1n) is 7.10. The Kier molecular flexibility index (Phi) is 3.43. The van der Waals surface area contributed by atoms with Gasteiger partial charge in [-0.05, 0) is 44.5 Å². The van der Waals surface area contributed by atoms with Crippen molar-refractivity contribution < 1.29 is 18.0 Å². The van der Waals surface area contributed by atoms with Crippen molar-refractivity contribution in [2.45, 2.75) is 30.7 Å². The number of likely N-dealkylation sites (tertiary alicyclic amines) is 1. The van der Waals surface area contributed by atoms with Crippen molar-refractivity contribution in [1.82, 2.24) is 10.2 Å². The van der Waals surface area contributed by atoms with Crippen LogP contribution in [0.3, 0.4) is 0 Å². The molecular formula is C15H17F3N2O. The van der Waals surface area contributed by atoms with Crippen molar-refractivity contribution in [1.29, 1.82) is 0 Å². The molecule has 1 saturated carbocycles. The summed E-state index contributed by atoms with van der Waals surface area (Å²) in [5, 5.41) is 2.47. The van der Waals surface area contributed by atoms with Crippen LogP contribution in [0, 0.1) is 5.82 Å². The molecule has 1 N–H and O–H groups in total. The average Bonchev–Trinajstić information content (AvgIpc) is 3.14. The molecule has 114 valence electrons. The van der Waals surface area contributed by atoms with E-state index in [0.717, 1.165) is 31.6 Å². The van der Waals surface area contributed by atoms with E-state index < -0.39 is 28.7 Å². The Morgan fingerprint density at radius 3 is 2.57 bits per heavy atom. The van der Waals surface area contributed by atoms with Gasteiger partial charge < -0.3 is 10.2 Å². The summed E-state index contributed by atoms with van der Waals surface area (Å²) in [5.74, 6) is -5.83. The largest absolute Gasteiger partial charge is 0.349 e. The van der Waals surface area contributed by atoms with E-state index >= 15 is 0 Å². The van der Waals surface area contributed by atoms with Crippen LogP contribution in [0.5, 0.6) is 0 Å². The van der Waals surface area contributed by atoms with Gasteiger partial charge >= 0.3 is 5.92 Å². The van der Waals surface area contributed by atoms with Gasteiger partial charge in [-0.15, -0.1) is 0 Å². The molecular weight excluding hydrogens is 281 g/mol. The zero-order valence-electron chi connectivity index (χ0n) is 11.5. The number of amides is 1. The second-order valence-electron chi connectivity index (χ2n) is 5.95. The van der Waals surface area contributed by atoms with Crippen LogP contribution in [0.2, 0.25) is 0 Å². The molecule has 1 saturated heterocycles. The zero-order valence-corrected chi connectivity index (χ0v) is 11.5. The molecule has 0 atom stereocenters. The van der Waals surface area contributed by atoms with E-state index in [1.807, 2.05) is 0 Å². The molecule has 6 heteroatoms. The van der Waals surface area contributed by atoms with Gasteiger partial charge in [0.15, 0.2) is 0 Å². The number of alkyl halides is 2. The number of carbonyl (C=O) groups excluding carboxylic acids is 1. The number of hydrogen-bond acceptors (Lipinski definition) is 2. The minimum absolute atomic E-state index is 0.520. The van der Waals surface area contributed by atoms with E-state index in [9.17, 15) is 18.0 Å². The molecule has 2 aliphatic rings. The van der Waals surface area contributed by atoms with Gasteiger partial charge in [-0.25, -0.2) is 4.39 Å². The van der Waals surface area contributed by atoms with Crippen LogP contribution in [0.4, 0.5) is 13.2 Å². The third-order valence-electron chi connectivity index (χ3n) is 4.18. The van der Waals surface area contributed by atoms with Crippen LogP contribution in [-0.4, -0.2) is 36.0 Å². The summed E-state index contributed by atoms with van der Waals surface area (Å²) in [6.07, 6.45) is 2.55. The van der Waals surface area contributed by atoms with Crippen molar-refractivity contribution in [2.24, 2.45) is 0 Å². The minimum atomic E-state index is -3.72. The summed E-state index contributed by atoms with van der Waals surface area (Å²) in [6.45, 7) is 2.54. The third kappa shape index (κ3) is 2.90. The lowest BCUT2D eigenvalue weighted by atomic mass is 10.1. The van der Waals surface area contributed by atoms with Gasteiger partial charge in [0.25, 0.3) is 5.91 Å². The average molecular weight is 298 g/mol. The normalized spacial score (nSPS) is 20.7. The molecule has 0 spiro atoms. The van der Waals surface area contributed by atoms with E-state index in [2.05, 4.69) is 10.2 Å². The number of nitrogens with one attached hydrogen (secondary N) is 1. The Morgan fingerprint density at radius 1 is 1.33 bits per heavy atom. The van der Waals surface area contributed by atoms with Gasteiger partial charge in [-0.3, -0.25) is 4.79 Å². The first-order valence-corrected chi connectivity index (χ1v) is 7.10. The van der Waals surface area contributed by atoms with Crippen LogP contribution in [0.1, 0.15) is 24.8 Å². The highest BCUT2D eigenvalue weighted by atomic mass is 19.3. The zero-order chi connectivity index (χ0) is 15.1. The van der Waals surface area contributed by atoms with Crippen LogP contribution >= 0.6 is 0 Å². The van der Waals surface area contributed by atoms with Gasteiger partial charge in [0.05, 0.1) is 5.54 Å². The highest BCUT2D eigenvalue weighted by Gasteiger charge is 2.51. The van der Waals surface area contributed by atoms with Crippen LogP contribution < -0.4 is 5.32 Å². The van der Waals surface area contributed by atoms with E-state index in [1.165, 1.54) is 6.07 Å². The predicted octanol–water partition coefficient (Wildman–Crippen LogP) is 2.27. The Bertz CT molecular complexity index is 554. The number of carbonyl (C=O) groups is 1. The third-order valence-corrected chi connectivity index (χ3v) is 4.18. The Labute approximate surface area is 121 Å². The lowest BCUT2D eigenvalue weighted by molar-refractivity contribution is -0.148. The SMILES string of the molecule is O=C(NC1(CN2CCC2)CC1)C(F)(F)c1cccc(F)c1. The van der Waals surface area contributed by atoms with Gasteiger partial charge in [0.1, 0.15) is 5.82 Å². The maximum Gasteiger partial charge on any atom is 0.349 e. The van der Waals surface area contributed by atoms with Gasteiger partial charge in [-0.2, -0.15) is 8.78 Å². The van der Waals surface area contributed by atoms with E-state index in [0.29, 0.717) is 25.5 Å². The Morgan fingerprint density at radius 2 is 2.05 bits per heavy atom. The standard InChI is InChI=1S/C15H17F3N2O/c16-12-4-1-3-11(9-12)15(17,18)13(21)19-14(5-6-14)10-20-7-2-8-20/h1,3-4,9H,2,5-8,10H2,(H,19,21). The Hall–Kier alpha value is -1.56. The Balaban J connectivity index is 1.69. The number of hydrogen-bond donors (Lipinski definition) is 1. The quantitative estimate of drug-likeness (QED) is 0.904. The second-order valence-corrected chi connectivity index (χ2v) is 5.95. The summed E-state index contributed by atoms with van der Waals surface area (Å²) >= 11 is 0. The van der Waals surface area contributed by atoms with Gasteiger partial charge in [-0.1, -0.05) is 12.1 Å². The second kappa shape index (κ2) is 5.02. The molecule has 1 aliphatic heterocycles. The molecule has 0 radical (unpaired) electrons. The molecule has 1 aromatic rings. The maximum absolute atomic E-state index is 14.1. The highest BCUT2D eigenvalue weighted by molar-refractivity contribution is 5.85. The lowest BCUT2D eigenvalue weighted by Gasteiger charge is -2.35. The van der Waals surface area contributed by atoms with Crippen molar-refractivity contribution in [3.05, 3.63) is 35.6 Å². The molecule has 2 fully saturated rings. The minimum Gasteiger partial charge on any atom is -0.344 e. The molecule has 3 rings (SSSR count). The molecule has 0 aromatic heterocycles. The number of benzene rings is 1. The van der Waals surface area contributed by atoms with Crippen LogP contribution in [0.25, 0.3) is 0 Å². The topological polar surface area (TPSA) is 32.3 Å². The monoisotopic (exact) mass is 298 g/mol.